The molecule has 8 heteroatoms. The van der Waals surface area contributed by atoms with E-state index < -0.39 is 0 Å². The molecule has 0 heterocycles. The molecule has 0 bridgehead atoms. The molecule has 1 unspecified atom stereocenters. The first-order valence-electron chi connectivity index (χ1n) is 10.2. The molecular weight excluding hydrogens is 393 g/mol. The molecule has 2 N–H and O–H groups in total. The zero-order valence-electron chi connectivity index (χ0n) is 17.3. The van der Waals surface area contributed by atoms with Crippen molar-refractivity contribution in [3.63, 3.8) is 0 Å². The highest BCUT2D eigenvalue weighted by Gasteiger charge is 2.22. The number of carbonyl (C=O) groups excluding carboxylic acids is 2. The van der Waals surface area contributed by atoms with Gasteiger partial charge >= 0.3 is 6.03 Å². The zero-order valence-corrected chi connectivity index (χ0v) is 18.1. The average Bonchev–Trinajstić information content (AvgIpc) is 3.55. The number of unbranched alkanes of at least 4 members (excludes halogenated alkanes) is 2. The number of amides is 2. The summed E-state index contributed by atoms with van der Waals surface area (Å²) in [7, 11) is 1.56. The lowest BCUT2D eigenvalue weighted by atomic mass is 10.1. The number of rotatable bonds is 14. The first-order chi connectivity index (χ1) is 14.0. The van der Waals surface area contributed by atoms with Gasteiger partial charge in [-0.3, -0.25) is 4.72 Å². The molecule has 1 aliphatic rings. The molecule has 0 saturated heterocycles. The highest BCUT2D eigenvalue weighted by Crippen LogP contribution is 2.31. The van der Waals surface area contributed by atoms with E-state index in [2.05, 4.69) is 10.0 Å². The summed E-state index contributed by atoms with van der Waals surface area (Å²) < 4.78 is 22.9. The summed E-state index contributed by atoms with van der Waals surface area (Å²) in [5.74, 6) is 1.55. The molecule has 2 rings (SSSR count). The second kappa shape index (κ2) is 12.7. The maximum atomic E-state index is 13.9. The van der Waals surface area contributed by atoms with Gasteiger partial charge in [-0.15, -0.1) is 0 Å². The third kappa shape index (κ3) is 8.62. The third-order valence-electron chi connectivity index (χ3n) is 4.86. The molecule has 1 aromatic rings. The normalized spacial score (nSPS) is 14.3. The van der Waals surface area contributed by atoms with Crippen LogP contribution in [0.15, 0.2) is 18.2 Å². The van der Waals surface area contributed by atoms with Gasteiger partial charge in [-0.05, 0) is 56.2 Å². The number of carbonyl (C=O) groups is 2. The van der Waals surface area contributed by atoms with Crippen molar-refractivity contribution in [2.24, 2.45) is 5.92 Å². The van der Waals surface area contributed by atoms with E-state index in [0.29, 0.717) is 24.8 Å². The van der Waals surface area contributed by atoms with Crippen molar-refractivity contribution in [3.8, 4) is 5.75 Å². The molecule has 6 nitrogen and oxygen atoms in total. The summed E-state index contributed by atoms with van der Waals surface area (Å²) in [6.45, 7) is 3.34. The molecule has 1 aliphatic carbocycles. The van der Waals surface area contributed by atoms with E-state index in [4.69, 9.17) is 4.74 Å². The molecule has 0 aliphatic heterocycles. The van der Waals surface area contributed by atoms with Crippen molar-refractivity contribution in [2.75, 3.05) is 32.5 Å². The Labute approximate surface area is 177 Å². The Morgan fingerprint density at radius 1 is 1.38 bits per heavy atom. The van der Waals surface area contributed by atoms with E-state index in [9.17, 15) is 14.0 Å². The van der Waals surface area contributed by atoms with Gasteiger partial charge in [-0.25, -0.2) is 9.18 Å². The van der Waals surface area contributed by atoms with Crippen molar-refractivity contribution in [1.82, 2.24) is 14.9 Å². The molecule has 2 amide bonds. The van der Waals surface area contributed by atoms with Crippen LogP contribution in [0, 0.1) is 11.7 Å². The number of hydrogen-bond donors (Lipinski definition) is 2. The van der Waals surface area contributed by atoms with Gasteiger partial charge < -0.3 is 19.7 Å². The smallest absolute Gasteiger partial charge is 0.317 e. The number of aldehydes is 1. The number of urea groups is 1. The number of ether oxygens (including phenoxy) is 1. The molecule has 1 saturated carbocycles. The van der Waals surface area contributed by atoms with Gasteiger partial charge in [-0.2, -0.15) is 0 Å². The second-order valence-corrected chi connectivity index (χ2v) is 8.29. The Balaban J connectivity index is 1.62. The highest BCUT2D eigenvalue weighted by molar-refractivity contribution is 7.97. The van der Waals surface area contributed by atoms with Crippen LogP contribution >= 0.6 is 11.9 Å². The third-order valence-corrected chi connectivity index (χ3v) is 5.87. The van der Waals surface area contributed by atoms with Crippen LogP contribution in [0.2, 0.25) is 0 Å². The van der Waals surface area contributed by atoms with Crippen LogP contribution in [-0.4, -0.2) is 49.7 Å². The maximum Gasteiger partial charge on any atom is 0.317 e. The minimum absolute atomic E-state index is 0.0835. The number of hydrogen-bond acceptors (Lipinski definition) is 5. The number of nitrogens with zero attached hydrogens (tertiary/aromatic N) is 1. The topological polar surface area (TPSA) is 70.7 Å². The summed E-state index contributed by atoms with van der Waals surface area (Å²) in [6.07, 6.45) is 5.94. The number of nitrogens with one attached hydrogen (secondary N) is 2. The Hall–Kier alpha value is -1.80. The van der Waals surface area contributed by atoms with Crippen molar-refractivity contribution in [2.45, 2.75) is 45.1 Å². The molecular formula is C21H32FN3O3S. The van der Waals surface area contributed by atoms with Crippen LogP contribution in [0.3, 0.4) is 0 Å². The number of halogens is 1. The molecule has 1 aromatic carbocycles. The Bertz CT molecular complexity index is 658. The van der Waals surface area contributed by atoms with Gasteiger partial charge in [0.05, 0.1) is 13.2 Å². The van der Waals surface area contributed by atoms with Crippen LogP contribution in [0.5, 0.6) is 5.75 Å². The van der Waals surface area contributed by atoms with E-state index in [1.807, 2.05) is 6.92 Å². The molecule has 1 atom stereocenters. The lowest BCUT2D eigenvalue weighted by Crippen LogP contribution is -2.39. The number of benzene rings is 1. The minimum Gasteiger partial charge on any atom is -0.490 e. The highest BCUT2D eigenvalue weighted by atomic mass is 32.2. The van der Waals surface area contributed by atoms with Crippen LogP contribution in [0.4, 0.5) is 9.18 Å². The van der Waals surface area contributed by atoms with Gasteiger partial charge in [0.1, 0.15) is 6.29 Å². The van der Waals surface area contributed by atoms with Crippen LogP contribution < -0.4 is 14.8 Å². The lowest BCUT2D eigenvalue weighted by molar-refractivity contribution is -0.108. The first-order valence-corrected chi connectivity index (χ1v) is 11.2. The van der Waals surface area contributed by atoms with Crippen molar-refractivity contribution in [1.29, 1.82) is 0 Å². The largest absolute Gasteiger partial charge is 0.490 e. The predicted octanol–water partition coefficient (Wildman–Crippen LogP) is 3.92. The fraction of sp³-hybridized carbons (Fsp3) is 0.619. The summed E-state index contributed by atoms with van der Waals surface area (Å²) in [5.41, 5.74) is 1.000. The summed E-state index contributed by atoms with van der Waals surface area (Å²) in [5, 5.41) is 2.54. The van der Waals surface area contributed by atoms with E-state index in [0.717, 1.165) is 36.9 Å². The van der Waals surface area contributed by atoms with Crippen LogP contribution in [0.1, 0.15) is 50.6 Å². The van der Waals surface area contributed by atoms with Crippen molar-refractivity contribution >= 4 is 24.3 Å². The summed E-state index contributed by atoms with van der Waals surface area (Å²) in [4.78, 5) is 23.8. The SMILES string of the molecule is CNC(=O)N(CC=O)CCCCCSNC(C)c1ccc(F)c(OCC2CC2)c1. The predicted molar refractivity (Wildman–Crippen MR) is 115 cm³/mol. The van der Waals surface area contributed by atoms with Crippen LogP contribution in [0.25, 0.3) is 0 Å². The monoisotopic (exact) mass is 425 g/mol. The maximum absolute atomic E-state index is 13.9. The van der Waals surface area contributed by atoms with Crippen LogP contribution in [-0.2, 0) is 4.79 Å². The average molecular weight is 426 g/mol. The summed E-state index contributed by atoms with van der Waals surface area (Å²) >= 11 is 1.64. The lowest BCUT2D eigenvalue weighted by Gasteiger charge is -2.19. The fourth-order valence-electron chi connectivity index (χ4n) is 2.82. The second-order valence-electron chi connectivity index (χ2n) is 7.36. The van der Waals surface area contributed by atoms with Gasteiger partial charge in [0.2, 0.25) is 0 Å². The Morgan fingerprint density at radius 2 is 2.17 bits per heavy atom. The van der Waals surface area contributed by atoms with Crippen molar-refractivity contribution < 1.29 is 18.7 Å². The standard InChI is InChI=1S/C21H32FN3O3S/c1-16(18-8-9-19(22)20(14-18)28-15-17-6-7-17)24-29-13-5-3-4-10-25(11-12-26)21(27)23-2/h8-9,12,14,16-17,24H,3-7,10-11,13,15H2,1-2H3,(H,23,27). The summed E-state index contributed by atoms with van der Waals surface area (Å²) in [6, 6.07) is 4.91. The minimum atomic E-state index is -0.311. The Kier molecular flexibility index (Phi) is 10.3. The molecule has 162 valence electrons. The molecule has 0 aromatic heterocycles. The van der Waals surface area contributed by atoms with E-state index >= 15 is 0 Å². The molecule has 0 radical (unpaired) electrons. The van der Waals surface area contributed by atoms with E-state index in [1.54, 1.807) is 31.1 Å². The van der Waals surface area contributed by atoms with Gasteiger partial charge in [0, 0.05) is 25.4 Å². The van der Waals surface area contributed by atoms with Gasteiger partial charge in [0.15, 0.2) is 11.6 Å². The first kappa shape index (κ1) is 23.5. The van der Waals surface area contributed by atoms with Crippen molar-refractivity contribution in [3.05, 3.63) is 29.6 Å². The Morgan fingerprint density at radius 3 is 2.86 bits per heavy atom. The zero-order chi connectivity index (χ0) is 21.1. The van der Waals surface area contributed by atoms with Gasteiger partial charge in [-0.1, -0.05) is 24.4 Å². The van der Waals surface area contributed by atoms with Gasteiger partial charge in [0.25, 0.3) is 0 Å². The molecule has 0 spiro atoms. The molecule has 1 fully saturated rings. The fourth-order valence-corrected chi connectivity index (χ4v) is 3.67. The van der Waals surface area contributed by atoms with E-state index in [1.165, 1.54) is 23.8 Å². The quantitative estimate of drug-likeness (QED) is 0.269. The molecule has 29 heavy (non-hydrogen) atoms. The van der Waals surface area contributed by atoms with E-state index in [-0.39, 0.29) is 24.4 Å².